The van der Waals surface area contributed by atoms with Crippen molar-refractivity contribution in [3.8, 4) is 0 Å². The maximum atomic E-state index is 10.2. The first-order valence-corrected chi connectivity index (χ1v) is 6.75. The van der Waals surface area contributed by atoms with E-state index in [1.165, 1.54) is 38.5 Å². The van der Waals surface area contributed by atoms with Crippen LogP contribution in [0.2, 0.25) is 0 Å². The molecule has 0 amide bonds. The summed E-state index contributed by atoms with van der Waals surface area (Å²) in [5.74, 6) is 0. The molecule has 0 aromatic carbocycles. The van der Waals surface area contributed by atoms with Gasteiger partial charge in [0.15, 0.2) is 0 Å². The zero-order valence-corrected chi connectivity index (χ0v) is 10.4. The van der Waals surface area contributed by atoms with Gasteiger partial charge in [0.05, 0.1) is 12.7 Å². The van der Waals surface area contributed by atoms with Gasteiger partial charge in [-0.05, 0) is 25.7 Å². The molecular formula is C13H25NO2. The summed E-state index contributed by atoms with van der Waals surface area (Å²) >= 11 is 0. The summed E-state index contributed by atoms with van der Waals surface area (Å²) in [4.78, 5) is 2.51. The lowest BCUT2D eigenvalue weighted by atomic mass is 10.0. The van der Waals surface area contributed by atoms with Crippen molar-refractivity contribution in [1.82, 2.24) is 4.90 Å². The van der Waals surface area contributed by atoms with Crippen LogP contribution in [0.25, 0.3) is 0 Å². The van der Waals surface area contributed by atoms with Crippen molar-refractivity contribution >= 4 is 0 Å². The molecule has 0 aromatic heterocycles. The van der Waals surface area contributed by atoms with Crippen LogP contribution in [0.5, 0.6) is 0 Å². The van der Waals surface area contributed by atoms with E-state index >= 15 is 0 Å². The monoisotopic (exact) mass is 227 g/mol. The Hall–Kier alpha value is -0.120. The number of ether oxygens (including phenoxy) is 1. The molecule has 0 bridgehead atoms. The smallest absolute Gasteiger partial charge is 0.0695 e. The van der Waals surface area contributed by atoms with Crippen molar-refractivity contribution in [1.29, 1.82) is 0 Å². The first-order valence-electron chi connectivity index (χ1n) is 6.75. The van der Waals surface area contributed by atoms with E-state index in [1.807, 2.05) is 0 Å². The van der Waals surface area contributed by atoms with E-state index in [1.54, 1.807) is 7.11 Å². The van der Waals surface area contributed by atoms with Crippen LogP contribution in [0.3, 0.4) is 0 Å². The molecule has 0 radical (unpaired) electrons. The van der Waals surface area contributed by atoms with Gasteiger partial charge in [-0.25, -0.2) is 0 Å². The first-order chi connectivity index (χ1) is 7.83. The zero-order valence-electron chi connectivity index (χ0n) is 10.4. The molecule has 2 saturated carbocycles. The second-order valence-electron chi connectivity index (χ2n) is 5.23. The predicted molar refractivity (Wildman–Crippen MR) is 64.5 cm³/mol. The number of aliphatic hydroxyl groups excluding tert-OH is 1. The third-order valence-electron chi connectivity index (χ3n) is 3.94. The lowest BCUT2D eigenvalue weighted by molar-refractivity contribution is 0.0251. The fourth-order valence-corrected chi connectivity index (χ4v) is 2.88. The normalized spacial score (nSPS) is 31.7. The highest BCUT2D eigenvalue weighted by Gasteiger charge is 2.36. The van der Waals surface area contributed by atoms with E-state index in [9.17, 15) is 5.11 Å². The number of hydrogen-bond acceptors (Lipinski definition) is 3. The highest BCUT2D eigenvalue weighted by atomic mass is 16.5. The van der Waals surface area contributed by atoms with Gasteiger partial charge in [-0.2, -0.15) is 0 Å². The number of aliphatic hydroxyl groups is 1. The third-order valence-corrected chi connectivity index (χ3v) is 3.94. The largest absolute Gasteiger partial charge is 0.391 e. The summed E-state index contributed by atoms with van der Waals surface area (Å²) < 4.78 is 5.18. The number of hydrogen-bond donors (Lipinski definition) is 1. The molecular weight excluding hydrogens is 202 g/mol. The molecule has 2 rings (SSSR count). The molecule has 94 valence electrons. The van der Waals surface area contributed by atoms with Crippen LogP contribution in [-0.2, 0) is 4.74 Å². The number of methoxy groups -OCH3 is 1. The Labute approximate surface area is 98.8 Å². The summed E-state index contributed by atoms with van der Waals surface area (Å²) in [6.45, 7) is 1.78. The average Bonchev–Trinajstić information content (AvgIpc) is 3.09. The molecule has 3 heteroatoms. The maximum Gasteiger partial charge on any atom is 0.0695 e. The minimum absolute atomic E-state index is 0.111. The Kier molecular flexibility index (Phi) is 4.62. The molecule has 3 nitrogen and oxygen atoms in total. The fraction of sp³-hybridized carbons (Fsp3) is 1.00. The van der Waals surface area contributed by atoms with Gasteiger partial charge in [0, 0.05) is 25.7 Å². The van der Waals surface area contributed by atoms with Crippen LogP contribution < -0.4 is 0 Å². The molecule has 0 heterocycles. The fourth-order valence-electron chi connectivity index (χ4n) is 2.88. The Morgan fingerprint density at radius 2 is 1.88 bits per heavy atom. The zero-order chi connectivity index (χ0) is 11.4. The van der Waals surface area contributed by atoms with E-state index in [-0.39, 0.29) is 6.10 Å². The van der Waals surface area contributed by atoms with E-state index in [4.69, 9.17) is 4.74 Å². The molecule has 2 fully saturated rings. The van der Waals surface area contributed by atoms with Crippen molar-refractivity contribution in [2.45, 2.75) is 63.1 Å². The van der Waals surface area contributed by atoms with Gasteiger partial charge in [0.25, 0.3) is 0 Å². The SMILES string of the molecule is COCCN(C1CC1)C1CCCCCC1O. The van der Waals surface area contributed by atoms with Gasteiger partial charge in [-0.1, -0.05) is 19.3 Å². The summed E-state index contributed by atoms with van der Waals surface area (Å²) in [6, 6.07) is 1.12. The summed E-state index contributed by atoms with van der Waals surface area (Å²) in [5, 5.41) is 10.2. The minimum atomic E-state index is -0.111. The van der Waals surface area contributed by atoms with Crippen LogP contribution in [-0.4, -0.2) is 48.5 Å². The molecule has 2 atom stereocenters. The lowest BCUT2D eigenvalue weighted by Crippen LogP contribution is -2.45. The highest BCUT2D eigenvalue weighted by Crippen LogP contribution is 2.33. The highest BCUT2D eigenvalue weighted by molar-refractivity contribution is 4.92. The molecule has 16 heavy (non-hydrogen) atoms. The molecule has 1 N–H and O–H groups in total. The topological polar surface area (TPSA) is 32.7 Å². The molecule has 2 aliphatic carbocycles. The van der Waals surface area contributed by atoms with Crippen LogP contribution in [0.4, 0.5) is 0 Å². The Morgan fingerprint density at radius 1 is 1.12 bits per heavy atom. The van der Waals surface area contributed by atoms with E-state index in [0.29, 0.717) is 6.04 Å². The van der Waals surface area contributed by atoms with E-state index in [2.05, 4.69) is 4.90 Å². The van der Waals surface area contributed by atoms with Gasteiger partial charge in [-0.3, -0.25) is 4.90 Å². The van der Waals surface area contributed by atoms with Gasteiger partial charge >= 0.3 is 0 Å². The first kappa shape index (κ1) is 12.3. The van der Waals surface area contributed by atoms with Crippen LogP contribution in [0.1, 0.15) is 44.9 Å². The van der Waals surface area contributed by atoms with Crippen LogP contribution >= 0.6 is 0 Å². The summed E-state index contributed by atoms with van der Waals surface area (Å²) in [6.07, 6.45) is 8.43. The van der Waals surface area contributed by atoms with Crippen molar-refractivity contribution < 1.29 is 9.84 Å². The molecule has 2 aliphatic rings. The number of rotatable bonds is 5. The third kappa shape index (κ3) is 3.19. The molecule has 0 aromatic rings. The molecule has 2 unspecified atom stereocenters. The van der Waals surface area contributed by atoms with Crippen molar-refractivity contribution in [3.63, 3.8) is 0 Å². The van der Waals surface area contributed by atoms with Gasteiger partial charge in [0.1, 0.15) is 0 Å². The Balaban J connectivity index is 1.93. The van der Waals surface area contributed by atoms with Gasteiger partial charge in [-0.15, -0.1) is 0 Å². The molecule has 0 saturated heterocycles. The van der Waals surface area contributed by atoms with Crippen molar-refractivity contribution in [2.75, 3.05) is 20.3 Å². The van der Waals surface area contributed by atoms with E-state index in [0.717, 1.165) is 25.6 Å². The average molecular weight is 227 g/mol. The van der Waals surface area contributed by atoms with Crippen LogP contribution in [0, 0.1) is 0 Å². The second kappa shape index (κ2) is 5.99. The second-order valence-corrected chi connectivity index (χ2v) is 5.23. The summed E-state index contributed by atoms with van der Waals surface area (Å²) in [5.41, 5.74) is 0. The Morgan fingerprint density at radius 3 is 2.56 bits per heavy atom. The molecule has 0 spiro atoms. The van der Waals surface area contributed by atoms with Crippen LogP contribution in [0.15, 0.2) is 0 Å². The lowest BCUT2D eigenvalue weighted by Gasteiger charge is -2.34. The van der Waals surface area contributed by atoms with Crippen molar-refractivity contribution in [2.24, 2.45) is 0 Å². The van der Waals surface area contributed by atoms with Crippen molar-refractivity contribution in [3.05, 3.63) is 0 Å². The minimum Gasteiger partial charge on any atom is -0.391 e. The summed E-state index contributed by atoms with van der Waals surface area (Å²) in [7, 11) is 1.76. The molecule has 0 aliphatic heterocycles. The van der Waals surface area contributed by atoms with E-state index < -0.39 is 0 Å². The maximum absolute atomic E-state index is 10.2. The van der Waals surface area contributed by atoms with Gasteiger partial charge in [0.2, 0.25) is 0 Å². The quantitative estimate of drug-likeness (QED) is 0.727. The van der Waals surface area contributed by atoms with Gasteiger partial charge < -0.3 is 9.84 Å². The Bertz CT molecular complexity index is 206. The number of nitrogens with zero attached hydrogens (tertiary/aromatic N) is 1. The predicted octanol–water partition coefficient (Wildman–Crippen LogP) is 1.79. The standard InChI is InChI=1S/C13H25NO2/c1-16-10-9-14(11-7-8-11)12-5-3-2-4-6-13(12)15/h11-13,15H,2-10H2,1H3.